The first-order valence-electron chi connectivity index (χ1n) is 5.91. The summed E-state index contributed by atoms with van der Waals surface area (Å²) in [6.07, 6.45) is 1.09. The lowest BCUT2D eigenvalue weighted by atomic mass is 9.80. The van der Waals surface area contributed by atoms with Crippen molar-refractivity contribution in [3.8, 4) is 0 Å². The Morgan fingerprint density at radius 3 is 2.50 bits per heavy atom. The SMILES string of the molecule is C=CC(=O)OCCSCC(=O)c1ccc(B(O)O)cc1. The molecule has 0 bridgehead atoms. The van der Waals surface area contributed by atoms with Gasteiger partial charge in [-0.3, -0.25) is 4.79 Å². The predicted octanol–water partition coefficient (Wildman–Crippen LogP) is 0.0115. The zero-order chi connectivity index (χ0) is 15.0. The van der Waals surface area contributed by atoms with Crippen LogP contribution < -0.4 is 5.46 Å². The summed E-state index contributed by atoms with van der Waals surface area (Å²) < 4.78 is 4.78. The van der Waals surface area contributed by atoms with E-state index in [1.807, 2.05) is 0 Å². The van der Waals surface area contributed by atoms with E-state index in [2.05, 4.69) is 6.58 Å². The number of rotatable bonds is 8. The quantitative estimate of drug-likeness (QED) is 0.231. The molecule has 0 spiro atoms. The lowest BCUT2D eigenvalue weighted by molar-refractivity contribution is -0.137. The van der Waals surface area contributed by atoms with E-state index in [4.69, 9.17) is 14.8 Å². The molecule has 7 heteroatoms. The van der Waals surface area contributed by atoms with Crippen molar-refractivity contribution >= 4 is 36.1 Å². The number of ketones is 1. The van der Waals surface area contributed by atoms with Gasteiger partial charge in [0.15, 0.2) is 5.78 Å². The summed E-state index contributed by atoms with van der Waals surface area (Å²) in [4.78, 5) is 22.6. The van der Waals surface area contributed by atoms with Gasteiger partial charge in [-0.1, -0.05) is 30.8 Å². The van der Waals surface area contributed by atoms with Crippen LogP contribution in [-0.4, -0.2) is 47.0 Å². The molecular weight excluding hydrogens is 279 g/mol. The fourth-order valence-electron chi connectivity index (χ4n) is 1.35. The van der Waals surface area contributed by atoms with Gasteiger partial charge in [0.1, 0.15) is 6.61 Å². The largest absolute Gasteiger partial charge is 0.488 e. The maximum absolute atomic E-state index is 11.8. The van der Waals surface area contributed by atoms with Gasteiger partial charge < -0.3 is 14.8 Å². The van der Waals surface area contributed by atoms with Gasteiger partial charge >= 0.3 is 13.1 Å². The van der Waals surface area contributed by atoms with Crippen LogP contribution in [0.5, 0.6) is 0 Å². The Balaban J connectivity index is 2.32. The van der Waals surface area contributed by atoms with E-state index < -0.39 is 13.1 Å². The molecule has 2 N–H and O–H groups in total. The van der Waals surface area contributed by atoms with Gasteiger partial charge in [0.2, 0.25) is 0 Å². The van der Waals surface area contributed by atoms with Crippen LogP contribution in [-0.2, 0) is 9.53 Å². The highest BCUT2D eigenvalue weighted by molar-refractivity contribution is 8.00. The third-order valence-corrected chi connectivity index (χ3v) is 3.32. The average molecular weight is 294 g/mol. The number of Topliss-reactive ketones (excluding diaryl/α,β-unsaturated/α-hetero) is 1. The number of benzene rings is 1. The monoisotopic (exact) mass is 294 g/mol. The number of carbonyl (C=O) groups is 2. The molecule has 0 amide bonds. The summed E-state index contributed by atoms with van der Waals surface area (Å²) in [5.74, 6) is 0.255. The lowest BCUT2D eigenvalue weighted by Gasteiger charge is -2.04. The Kier molecular flexibility index (Phi) is 7.07. The van der Waals surface area contributed by atoms with Crippen LogP contribution in [0.25, 0.3) is 0 Å². The molecule has 0 aliphatic heterocycles. The van der Waals surface area contributed by atoms with Crippen molar-refractivity contribution in [1.82, 2.24) is 0 Å². The molecule has 0 aliphatic rings. The van der Waals surface area contributed by atoms with E-state index in [0.717, 1.165) is 6.08 Å². The summed E-state index contributed by atoms with van der Waals surface area (Å²) in [6, 6.07) is 6.09. The van der Waals surface area contributed by atoms with Crippen molar-refractivity contribution in [3.63, 3.8) is 0 Å². The smallest absolute Gasteiger partial charge is 0.462 e. The number of carbonyl (C=O) groups excluding carboxylic acids is 2. The van der Waals surface area contributed by atoms with Crippen LogP contribution in [0, 0.1) is 0 Å². The number of ether oxygens (including phenoxy) is 1. The molecule has 0 saturated carbocycles. The third kappa shape index (κ3) is 5.60. The maximum Gasteiger partial charge on any atom is 0.488 e. The first kappa shape index (κ1) is 16.5. The number of thioether (sulfide) groups is 1. The van der Waals surface area contributed by atoms with E-state index in [0.29, 0.717) is 16.8 Å². The second-order valence-corrected chi connectivity index (χ2v) is 4.95. The van der Waals surface area contributed by atoms with Crippen molar-refractivity contribution in [3.05, 3.63) is 42.5 Å². The van der Waals surface area contributed by atoms with Crippen molar-refractivity contribution in [2.45, 2.75) is 0 Å². The summed E-state index contributed by atoms with van der Waals surface area (Å²) in [6.45, 7) is 3.51. The number of hydrogen-bond acceptors (Lipinski definition) is 6. The molecule has 0 atom stereocenters. The topological polar surface area (TPSA) is 83.8 Å². The van der Waals surface area contributed by atoms with Crippen molar-refractivity contribution in [2.75, 3.05) is 18.1 Å². The standard InChI is InChI=1S/C13H15BO5S/c1-2-13(16)19-7-8-20-9-12(15)10-3-5-11(6-4-10)14(17)18/h2-6,17-18H,1,7-9H2. The molecule has 0 aromatic heterocycles. The van der Waals surface area contributed by atoms with Gasteiger partial charge in [-0.2, -0.15) is 11.8 Å². The van der Waals surface area contributed by atoms with Crippen LogP contribution >= 0.6 is 11.8 Å². The van der Waals surface area contributed by atoms with Gasteiger partial charge in [-0.05, 0) is 5.46 Å². The molecule has 106 valence electrons. The second-order valence-electron chi connectivity index (χ2n) is 3.84. The Labute approximate surface area is 121 Å². The minimum absolute atomic E-state index is 0.0657. The highest BCUT2D eigenvalue weighted by Gasteiger charge is 2.12. The second kappa shape index (κ2) is 8.57. The molecule has 0 fully saturated rings. The molecule has 5 nitrogen and oxygen atoms in total. The van der Waals surface area contributed by atoms with Crippen LogP contribution in [0.15, 0.2) is 36.9 Å². The molecule has 1 aromatic carbocycles. The van der Waals surface area contributed by atoms with Gasteiger partial charge in [-0.25, -0.2) is 4.79 Å². The molecule has 0 unspecified atom stereocenters. The van der Waals surface area contributed by atoms with Crippen molar-refractivity contribution in [2.24, 2.45) is 0 Å². The highest BCUT2D eigenvalue weighted by atomic mass is 32.2. The van der Waals surface area contributed by atoms with Gasteiger partial charge in [0.05, 0.1) is 5.75 Å². The maximum atomic E-state index is 11.8. The Bertz CT molecular complexity index is 472. The first-order chi connectivity index (χ1) is 9.54. The van der Waals surface area contributed by atoms with Crippen LogP contribution in [0.4, 0.5) is 0 Å². The molecular formula is C13H15BO5S. The lowest BCUT2D eigenvalue weighted by Crippen LogP contribution is -2.29. The van der Waals surface area contributed by atoms with Crippen LogP contribution in [0.1, 0.15) is 10.4 Å². The summed E-state index contributed by atoms with van der Waals surface area (Å²) in [7, 11) is -1.53. The zero-order valence-electron chi connectivity index (χ0n) is 10.8. The Morgan fingerprint density at radius 2 is 1.95 bits per heavy atom. The fraction of sp³-hybridized carbons (Fsp3) is 0.231. The molecule has 20 heavy (non-hydrogen) atoms. The zero-order valence-corrected chi connectivity index (χ0v) is 11.6. The average Bonchev–Trinajstić information content (AvgIpc) is 2.46. The Hall–Kier alpha value is -1.57. The minimum Gasteiger partial charge on any atom is -0.462 e. The van der Waals surface area contributed by atoms with E-state index >= 15 is 0 Å². The summed E-state index contributed by atoms with van der Waals surface area (Å²) >= 11 is 1.36. The van der Waals surface area contributed by atoms with Crippen LogP contribution in [0.3, 0.4) is 0 Å². The van der Waals surface area contributed by atoms with Gasteiger partial charge in [0, 0.05) is 17.4 Å². The summed E-state index contributed by atoms with van der Waals surface area (Å²) in [5, 5.41) is 17.9. The van der Waals surface area contributed by atoms with Gasteiger partial charge in [0.25, 0.3) is 0 Å². The number of esters is 1. The first-order valence-corrected chi connectivity index (χ1v) is 7.06. The fourth-order valence-corrected chi connectivity index (χ4v) is 2.05. The molecule has 1 rings (SSSR count). The molecule has 1 aromatic rings. The van der Waals surface area contributed by atoms with Gasteiger partial charge in [-0.15, -0.1) is 0 Å². The Morgan fingerprint density at radius 1 is 1.30 bits per heavy atom. The number of hydrogen-bond donors (Lipinski definition) is 2. The van der Waals surface area contributed by atoms with Crippen molar-refractivity contribution in [1.29, 1.82) is 0 Å². The molecule has 0 aliphatic carbocycles. The van der Waals surface area contributed by atoms with Crippen molar-refractivity contribution < 1.29 is 24.4 Å². The van der Waals surface area contributed by atoms with E-state index in [9.17, 15) is 9.59 Å². The third-order valence-electron chi connectivity index (χ3n) is 2.40. The van der Waals surface area contributed by atoms with E-state index in [-0.39, 0.29) is 18.1 Å². The molecule has 0 radical (unpaired) electrons. The van der Waals surface area contributed by atoms with Crippen LogP contribution in [0.2, 0.25) is 0 Å². The minimum atomic E-state index is -1.53. The van der Waals surface area contributed by atoms with E-state index in [1.54, 1.807) is 12.1 Å². The molecule has 0 heterocycles. The normalized spacial score (nSPS) is 9.90. The summed E-state index contributed by atoms with van der Waals surface area (Å²) in [5.41, 5.74) is 0.843. The highest BCUT2D eigenvalue weighted by Crippen LogP contribution is 2.07. The molecule has 0 saturated heterocycles. The predicted molar refractivity (Wildman–Crippen MR) is 79.1 cm³/mol. The van der Waals surface area contributed by atoms with E-state index in [1.165, 1.54) is 23.9 Å².